The highest BCUT2D eigenvalue weighted by Crippen LogP contribution is 2.74. The Balaban J connectivity index is 1.20. The van der Waals surface area contributed by atoms with Crippen LogP contribution < -0.4 is 0 Å². The molecule has 7 fully saturated rings. The fourth-order valence-corrected chi connectivity index (χ4v) is 14.5. The van der Waals surface area contributed by atoms with Crippen molar-refractivity contribution in [2.75, 3.05) is 0 Å². The summed E-state index contributed by atoms with van der Waals surface area (Å²) in [6, 6.07) is 0. The zero-order valence-corrected chi connectivity index (χ0v) is 31.2. The van der Waals surface area contributed by atoms with Gasteiger partial charge in [0.05, 0.1) is 22.0 Å². The van der Waals surface area contributed by atoms with Gasteiger partial charge in [-0.05, 0) is 81.3 Å². The van der Waals surface area contributed by atoms with Crippen molar-refractivity contribution in [1.82, 2.24) is 0 Å². The largest absolute Gasteiger partial charge is 0.458 e. The van der Waals surface area contributed by atoms with Crippen molar-refractivity contribution in [2.45, 2.75) is 100 Å². The number of hydrogen-bond acceptors (Lipinski definition) is 11. The molecule has 0 amide bonds. The quantitative estimate of drug-likeness (QED) is 0.158. The van der Waals surface area contributed by atoms with Crippen molar-refractivity contribution >= 4 is 35.3 Å². The maximum absolute atomic E-state index is 16.4. The first-order valence-corrected chi connectivity index (χ1v) is 20.2. The number of ketones is 3. The molecule has 3 aliphatic heterocycles. The number of aliphatic hydroxyl groups is 2. The first-order chi connectivity index (χ1) is 26.5. The van der Waals surface area contributed by atoms with E-state index in [0.29, 0.717) is 42.4 Å². The molecule has 11 heteroatoms. The van der Waals surface area contributed by atoms with Crippen molar-refractivity contribution in [3.05, 3.63) is 83.1 Å². The summed E-state index contributed by atoms with van der Waals surface area (Å²) in [5.41, 5.74) is -3.93. The number of fused-ring (bicyclic) bond motifs is 11. The van der Waals surface area contributed by atoms with E-state index in [9.17, 15) is 24.6 Å². The van der Waals surface area contributed by atoms with E-state index in [1.54, 1.807) is 0 Å². The van der Waals surface area contributed by atoms with Gasteiger partial charge in [0.1, 0.15) is 24.1 Å². The third-order valence-corrected chi connectivity index (χ3v) is 17.0. The van der Waals surface area contributed by atoms with Crippen LogP contribution in [0.25, 0.3) is 0 Å². The molecule has 11 aliphatic rings. The van der Waals surface area contributed by atoms with E-state index in [4.69, 9.17) is 14.2 Å². The highest BCUT2D eigenvalue weighted by Gasteiger charge is 2.78. The zero-order valence-electron chi connectivity index (χ0n) is 31.2. The summed E-state index contributed by atoms with van der Waals surface area (Å²) in [4.78, 5) is 86.3. The van der Waals surface area contributed by atoms with Gasteiger partial charge in [-0.2, -0.15) is 0 Å². The molecule has 290 valence electrons. The van der Waals surface area contributed by atoms with Gasteiger partial charge < -0.3 is 24.4 Å². The molecule has 0 aromatic rings. The molecule has 8 aliphatic carbocycles. The van der Waals surface area contributed by atoms with Crippen LogP contribution in [0.15, 0.2) is 83.1 Å². The Morgan fingerprint density at radius 1 is 0.554 bits per heavy atom. The lowest BCUT2D eigenvalue weighted by Crippen LogP contribution is -2.52. The number of esters is 3. The van der Waals surface area contributed by atoms with E-state index in [1.165, 1.54) is 0 Å². The molecule has 56 heavy (non-hydrogen) atoms. The van der Waals surface area contributed by atoms with Gasteiger partial charge in [0.15, 0.2) is 11.6 Å². The summed E-state index contributed by atoms with van der Waals surface area (Å²) in [7, 11) is 0. The summed E-state index contributed by atoms with van der Waals surface area (Å²) < 4.78 is 18.2. The average molecular weight is 761 g/mol. The van der Waals surface area contributed by atoms with Gasteiger partial charge in [0.25, 0.3) is 0 Å². The van der Waals surface area contributed by atoms with E-state index >= 15 is 14.4 Å². The number of allylic oxidation sites excluding steroid dienone is 3. The topological polar surface area (TPSA) is 171 Å². The standard InChI is InChI=1S/C45H44O11/c1-17-6-7-22-18(2)40(50)55-36(22)28-25(17)16-26(46)44(28)14-12-43(53)11-9-24-20(4)41(51)56-37(24)32-30(43)33(44)38(48)45(32)15-13-42(52)10-8-23-19(3)39(49)54-35(23)27-21(5)34(47)31(45)29(27)42/h22-25,27-28,32,35-37,52-53H,1-16H2. The van der Waals surface area contributed by atoms with Gasteiger partial charge in [0.2, 0.25) is 0 Å². The van der Waals surface area contributed by atoms with Crippen molar-refractivity contribution in [3.63, 3.8) is 0 Å². The maximum Gasteiger partial charge on any atom is 0.334 e. The zero-order chi connectivity index (χ0) is 39.3. The summed E-state index contributed by atoms with van der Waals surface area (Å²) >= 11 is 0. The Morgan fingerprint density at radius 2 is 1.09 bits per heavy atom. The Hall–Kier alpha value is -4.48. The highest BCUT2D eigenvalue weighted by atomic mass is 16.6. The van der Waals surface area contributed by atoms with Crippen LogP contribution >= 0.6 is 0 Å². The summed E-state index contributed by atoms with van der Waals surface area (Å²) in [5.74, 6) is -7.59. The molecule has 0 bridgehead atoms. The number of Topliss-reactive ketones (excluding diaryl/α,β-unsaturated/α-hetero) is 3. The predicted molar refractivity (Wildman–Crippen MR) is 194 cm³/mol. The molecular weight excluding hydrogens is 716 g/mol. The number of ether oxygens (including phenoxy) is 3. The Kier molecular flexibility index (Phi) is 6.53. The molecule has 2 N–H and O–H groups in total. The summed E-state index contributed by atoms with van der Waals surface area (Å²) in [6.07, 6.45) is -0.241. The van der Waals surface area contributed by atoms with Gasteiger partial charge in [-0.25, -0.2) is 14.4 Å². The van der Waals surface area contributed by atoms with Crippen LogP contribution in [0.5, 0.6) is 0 Å². The molecule has 3 heterocycles. The van der Waals surface area contributed by atoms with E-state index < -0.39 is 111 Å². The van der Waals surface area contributed by atoms with Crippen LogP contribution in [0.3, 0.4) is 0 Å². The van der Waals surface area contributed by atoms with Crippen LogP contribution in [0.1, 0.15) is 70.6 Å². The van der Waals surface area contributed by atoms with Gasteiger partial charge in [-0.3, -0.25) is 14.4 Å². The van der Waals surface area contributed by atoms with Crippen molar-refractivity contribution in [3.8, 4) is 0 Å². The molecule has 0 aromatic heterocycles. The Morgan fingerprint density at radius 3 is 1.73 bits per heavy atom. The third-order valence-electron chi connectivity index (χ3n) is 17.0. The molecule has 0 aromatic carbocycles. The molecule has 11 nitrogen and oxygen atoms in total. The smallest absolute Gasteiger partial charge is 0.334 e. The molecular formula is C45H44O11. The van der Waals surface area contributed by atoms with Crippen LogP contribution in [-0.4, -0.2) is 75.0 Å². The van der Waals surface area contributed by atoms with Crippen molar-refractivity contribution in [1.29, 1.82) is 0 Å². The second-order valence-corrected chi connectivity index (χ2v) is 18.8. The summed E-state index contributed by atoms with van der Waals surface area (Å²) in [5, 5.41) is 25.7. The first kappa shape index (κ1) is 34.7. The molecule has 14 unspecified atom stereocenters. The molecule has 14 atom stereocenters. The summed E-state index contributed by atoms with van der Waals surface area (Å²) in [6.45, 7) is 20.8. The number of hydrogen-bond donors (Lipinski definition) is 2. The minimum atomic E-state index is -1.78. The Bertz CT molecular complexity index is 2250. The predicted octanol–water partition coefficient (Wildman–Crippen LogP) is 3.99. The van der Waals surface area contributed by atoms with Crippen LogP contribution in [0.4, 0.5) is 0 Å². The lowest BCUT2D eigenvalue weighted by Gasteiger charge is -2.48. The monoisotopic (exact) mass is 760 g/mol. The number of carbonyl (C=O) groups excluding carboxylic acids is 6. The molecule has 2 spiro atoms. The van der Waals surface area contributed by atoms with E-state index in [-0.39, 0.29) is 78.6 Å². The van der Waals surface area contributed by atoms with Crippen LogP contribution in [-0.2, 0) is 43.0 Å². The van der Waals surface area contributed by atoms with Gasteiger partial charge in [-0.15, -0.1) is 0 Å². The number of rotatable bonds is 0. The number of carbonyl (C=O) groups is 6. The van der Waals surface area contributed by atoms with Crippen molar-refractivity contribution in [2.24, 2.45) is 52.3 Å². The minimum absolute atomic E-state index is 0.0348. The first-order valence-electron chi connectivity index (χ1n) is 20.2. The lowest BCUT2D eigenvalue weighted by molar-refractivity contribution is -0.147. The minimum Gasteiger partial charge on any atom is -0.458 e. The molecule has 11 rings (SSSR count). The highest BCUT2D eigenvalue weighted by molar-refractivity contribution is 6.23. The van der Waals surface area contributed by atoms with Gasteiger partial charge >= 0.3 is 17.9 Å². The average Bonchev–Trinajstić information content (AvgIpc) is 3.87. The Labute approximate surface area is 323 Å². The van der Waals surface area contributed by atoms with E-state index in [0.717, 1.165) is 5.57 Å². The van der Waals surface area contributed by atoms with Crippen LogP contribution in [0, 0.1) is 52.3 Å². The van der Waals surface area contributed by atoms with Gasteiger partial charge in [0, 0.05) is 75.4 Å². The van der Waals surface area contributed by atoms with Crippen molar-refractivity contribution < 1.29 is 53.2 Å². The SMILES string of the molecule is C=C1C(=O)OC2C1CCC1(O)CCC3(C(=O)C4=C5C3C3OC(=O)C(=C)C3CCC5(O)CCC43C(=O)CC4C(=C)CCC5C(=C)C(=O)OC5C43)C3=C1C2C(=C)C3=O. The fourth-order valence-electron chi connectivity index (χ4n) is 14.5. The van der Waals surface area contributed by atoms with Crippen LogP contribution in [0.2, 0.25) is 0 Å². The van der Waals surface area contributed by atoms with E-state index in [2.05, 4.69) is 32.9 Å². The van der Waals surface area contributed by atoms with Gasteiger partial charge in [-0.1, -0.05) is 38.5 Å². The second kappa shape index (κ2) is 10.5. The van der Waals surface area contributed by atoms with E-state index in [1.807, 2.05) is 0 Å². The maximum atomic E-state index is 16.4. The molecule has 3 saturated heterocycles. The fraction of sp³-hybridized carbons (Fsp3) is 0.556. The molecule has 0 radical (unpaired) electrons. The normalized spacial score (nSPS) is 48.7. The lowest BCUT2D eigenvalue weighted by atomic mass is 9.55. The third kappa shape index (κ3) is 3.66. The molecule has 4 saturated carbocycles. The second-order valence-electron chi connectivity index (χ2n) is 18.8.